The van der Waals surface area contributed by atoms with Crippen molar-refractivity contribution in [3.63, 3.8) is 0 Å². The number of anilines is 2. The number of primary sulfonamides is 1. The van der Waals surface area contributed by atoms with E-state index in [4.69, 9.17) is 14.5 Å². The van der Waals surface area contributed by atoms with E-state index in [1.54, 1.807) is 12.1 Å². The third-order valence-corrected chi connectivity index (χ3v) is 8.40. The molecule has 0 radical (unpaired) electrons. The molecule has 0 saturated heterocycles. The highest BCUT2D eigenvalue weighted by atomic mass is 32.2. The van der Waals surface area contributed by atoms with Crippen molar-refractivity contribution >= 4 is 38.1 Å². The van der Waals surface area contributed by atoms with E-state index < -0.39 is 10.0 Å². The van der Waals surface area contributed by atoms with Crippen LogP contribution in [0.25, 0.3) is 33.4 Å². The molecule has 1 heterocycles. The minimum atomic E-state index is -3.99. The summed E-state index contributed by atoms with van der Waals surface area (Å²) in [7, 11) is -3.99. The largest absolute Gasteiger partial charge is 0.456 e. The molecule has 2 aliphatic rings. The highest BCUT2D eigenvalue weighted by Crippen LogP contribution is 2.42. The van der Waals surface area contributed by atoms with Crippen LogP contribution in [-0.4, -0.2) is 8.42 Å². The Kier molecular flexibility index (Phi) is 6.93. The zero-order valence-electron chi connectivity index (χ0n) is 23.9. The van der Waals surface area contributed by atoms with E-state index in [1.807, 2.05) is 61.5 Å². The van der Waals surface area contributed by atoms with E-state index in [-0.39, 0.29) is 4.90 Å². The highest BCUT2D eigenvalue weighted by molar-refractivity contribution is 7.89. The topological polar surface area (TPSA) is 97.7 Å². The lowest BCUT2D eigenvalue weighted by molar-refractivity contribution is 0.598. The van der Waals surface area contributed by atoms with Gasteiger partial charge in [0, 0.05) is 45.6 Å². The van der Waals surface area contributed by atoms with Gasteiger partial charge in [-0.15, -0.1) is 0 Å². The van der Waals surface area contributed by atoms with Crippen molar-refractivity contribution in [3.05, 3.63) is 125 Å². The Balaban J connectivity index is 1.61. The number of sulfonamides is 1. The molecule has 0 saturated carbocycles. The van der Waals surface area contributed by atoms with Gasteiger partial charge in [-0.3, -0.25) is 0 Å². The second kappa shape index (κ2) is 10.6. The van der Waals surface area contributed by atoms with Crippen LogP contribution in [0.4, 0.5) is 17.1 Å². The maximum absolute atomic E-state index is 12.7. The average molecular weight is 574 g/mol. The molecule has 0 unspecified atom stereocenters. The quantitative estimate of drug-likeness (QED) is 0.204. The molecule has 0 spiro atoms. The van der Waals surface area contributed by atoms with Gasteiger partial charge in [-0.1, -0.05) is 53.6 Å². The van der Waals surface area contributed by atoms with Gasteiger partial charge in [0.25, 0.3) is 0 Å². The molecule has 4 aromatic carbocycles. The SMILES string of the molecule is Cc1ccc(N=c2ccc3c(-c4ccccc4S(N)(=O)=O)c4ccc(Nc5ccc(C)cc5C)cc4oc-3c2)c(C)c1. The lowest BCUT2D eigenvalue weighted by Crippen LogP contribution is -2.13. The fraction of sp³-hybridized carbons (Fsp3) is 0.114. The molecule has 0 aromatic heterocycles. The summed E-state index contributed by atoms with van der Waals surface area (Å²) >= 11 is 0. The molecular formula is C35H31N3O3S. The molecule has 3 N–H and O–H groups in total. The summed E-state index contributed by atoms with van der Waals surface area (Å²) in [5.74, 6) is 0.580. The van der Waals surface area contributed by atoms with Gasteiger partial charge in [0.1, 0.15) is 11.3 Å². The average Bonchev–Trinajstić information content (AvgIpc) is 2.94. The second-order valence-corrected chi connectivity index (χ2v) is 12.3. The zero-order valence-corrected chi connectivity index (χ0v) is 24.7. The van der Waals surface area contributed by atoms with Gasteiger partial charge >= 0.3 is 0 Å². The molecule has 6 nitrogen and oxygen atoms in total. The van der Waals surface area contributed by atoms with E-state index in [2.05, 4.69) is 50.4 Å². The van der Waals surface area contributed by atoms with E-state index >= 15 is 0 Å². The first kappa shape index (κ1) is 27.4. The predicted octanol–water partition coefficient (Wildman–Crippen LogP) is 8.06. The van der Waals surface area contributed by atoms with Crippen LogP contribution in [0.15, 0.2) is 111 Å². The lowest BCUT2D eigenvalue weighted by atomic mass is 9.93. The number of nitrogens with two attached hydrogens (primary N) is 1. The van der Waals surface area contributed by atoms with E-state index in [1.165, 1.54) is 17.2 Å². The molecule has 4 aromatic rings. The van der Waals surface area contributed by atoms with Gasteiger partial charge < -0.3 is 9.73 Å². The van der Waals surface area contributed by atoms with Crippen molar-refractivity contribution in [2.24, 2.45) is 10.1 Å². The van der Waals surface area contributed by atoms with E-state index in [0.29, 0.717) is 16.9 Å². The number of rotatable bonds is 5. The smallest absolute Gasteiger partial charge is 0.238 e. The number of nitrogens with one attached hydrogen (secondary N) is 1. The third-order valence-electron chi connectivity index (χ3n) is 7.43. The van der Waals surface area contributed by atoms with Crippen molar-refractivity contribution in [2.75, 3.05) is 5.32 Å². The molecule has 6 rings (SSSR count). The van der Waals surface area contributed by atoms with Crippen molar-refractivity contribution in [1.29, 1.82) is 0 Å². The number of hydrogen-bond acceptors (Lipinski definition) is 5. The van der Waals surface area contributed by atoms with Crippen molar-refractivity contribution < 1.29 is 12.8 Å². The van der Waals surface area contributed by atoms with Crippen molar-refractivity contribution in [2.45, 2.75) is 32.6 Å². The van der Waals surface area contributed by atoms with E-state index in [0.717, 1.165) is 50.1 Å². The van der Waals surface area contributed by atoms with Crippen LogP contribution in [0.5, 0.6) is 0 Å². The number of hydrogen-bond donors (Lipinski definition) is 2. The fourth-order valence-electron chi connectivity index (χ4n) is 5.42. The van der Waals surface area contributed by atoms with Gasteiger partial charge in [0.05, 0.1) is 15.9 Å². The molecule has 210 valence electrons. The van der Waals surface area contributed by atoms with Crippen LogP contribution in [0.2, 0.25) is 0 Å². The molecular weight excluding hydrogens is 542 g/mol. The summed E-state index contributed by atoms with van der Waals surface area (Å²) in [6.07, 6.45) is 0. The molecule has 42 heavy (non-hydrogen) atoms. The Morgan fingerprint density at radius 2 is 1.48 bits per heavy atom. The maximum Gasteiger partial charge on any atom is 0.238 e. The van der Waals surface area contributed by atoms with Gasteiger partial charge in [0.15, 0.2) is 0 Å². The molecule has 0 fully saturated rings. The third kappa shape index (κ3) is 5.32. The van der Waals surface area contributed by atoms with Crippen LogP contribution in [0, 0.1) is 27.7 Å². The zero-order chi connectivity index (χ0) is 29.6. The van der Waals surface area contributed by atoms with Crippen LogP contribution in [0.3, 0.4) is 0 Å². The first-order chi connectivity index (χ1) is 20.1. The number of aryl methyl sites for hydroxylation is 4. The van der Waals surface area contributed by atoms with E-state index in [9.17, 15) is 8.42 Å². The minimum absolute atomic E-state index is 0.0559. The summed E-state index contributed by atoms with van der Waals surface area (Å²) in [4.78, 5) is 4.93. The Labute approximate surface area is 245 Å². The summed E-state index contributed by atoms with van der Waals surface area (Å²) in [5, 5.41) is 10.7. The summed E-state index contributed by atoms with van der Waals surface area (Å²) in [5.41, 5.74) is 9.89. The summed E-state index contributed by atoms with van der Waals surface area (Å²) in [6, 6.07) is 30.8. The Morgan fingerprint density at radius 1 is 0.738 bits per heavy atom. The van der Waals surface area contributed by atoms with Crippen LogP contribution >= 0.6 is 0 Å². The van der Waals surface area contributed by atoms with Gasteiger partial charge in [-0.05, 0) is 81.3 Å². The van der Waals surface area contributed by atoms with Gasteiger partial charge in [-0.2, -0.15) is 0 Å². The second-order valence-electron chi connectivity index (χ2n) is 10.8. The molecule has 1 aliphatic carbocycles. The van der Waals surface area contributed by atoms with Crippen LogP contribution in [0.1, 0.15) is 22.3 Å². The maximum atomic E-state index is 12.7. The first-order valence-corrected chi connectivity index (χ1v) is 15.2. The predicted molar refractivity (Wildman–Crippen MR) is 170 cm³/mol. The van der Waals surface area contributed by atoms with Gasteiger partial charge in [-0.25, -0.2) is 18.5 Å². The molecule has 0 amide bonds. The fourth-order valence-corrected chi connectivity index (χ4v) is 6.16. The number of benzene rings is 5. The number of fused-ring (bicyclic) bond motifs is 2. The van der Waals surface area contributed by atoms with Crippen molar-refractivity contribution in [3.8, 4) is 22.5 Å². The van der Waals surface area contributed by atoms with Crippen molar-refractivity contribution in [1.82, 2.24) is 0 Å². The van der Waals surface area contributed by atoms with Gasteiger partial charge in [0.2, 0.25) is 10.0 Å². The monoisotopic (exact) mass is 573 g/mol. The van der Waals surface area contributed by atoms with Crippen LogP contribution in [-0.2, 0) is 10.0 Å². The molecule has 1 aliphatic heterocycles. The Hall–Kier alpha value is -4.72. The Morgan fingerprint density at radius 3 is 2.21 bits per heavy atom. The molecule has 0 bridgehead atoms. The molecule has 0 atom stereocenters. The van der Waals surface area contributed by atoms with Crippen LogP contribution < -0.4 is 15.8 Å². The summed E-state index contributed by atoms with van der Waals surface area (Å²) in [6.45, 7) is 8.23. The lowest BCUT2D eigenvalue weighted by Gasteiger charge is -2.18. The summed E-state index contributed by atoms with van der Waals surface area (Å²) < 4.78 is 31.8. The standard InChI is InChI=1S/C35H31N3O3S/c1-21-9-15-30(23(3)17-21)37-25-11-13-27-32(19-25)41-33-20-26(38-31-16-10-22(2)18-24(31)4)12-14-28(33)35(27)29-7-5-6-8-34(29)42(36,39)40/h5-20,37H,1-4H3,(H2,36,39,40). The normalized spacial score (nSPS) is 12.3. The Bertz CT molecular complexity index is 2150. The number of nitrogens with zero attached hydrogens (tertiary/aromatic N) is 1. The molecule has 7 heteroatoms. The highest BCUT2D eigenvalue weighted by Gasteiger charge is 2.23. The first-order valence-electron chi connectivity index (χ1n) is 13.7. The minimum Gasteiger partial charge on any atom is -0.456 e.